The summed E-state index contributed by atoms with van der Waals surface area (Å²) < 4.78 is 2.36. The molecule has 0 fully saturated rings. The third-order valence-electron chi connectivity index (χ3n) is 3.40. The Hall–Kier alpha value is -1.41. The van der Waals surface area contributed by atoms with Gasteiger partial charge in [0, 0.05) is 23.6 Å². The van der Waals surface area contributed by atoms with Gasteiger partial charge in [-0.3, -0.25) is 0 Å². The smallest absolute Gasteiger partial charge is 0.208 e. The molecule has 0 atom stereocenters. The quantitative estimate of drug-likeness (QED) is 0.668. The van der Waals surface area contributed by atoms with Crippen molar-refractivity contribution in [1.82, 2.24) is 0 Å². The first-order chi connectivity index (χ1) is 8.34. The number of nitrogens with zero attached hydrogens (tertiary/aromatic N) is 1. The minimum Gasteiger partial charge on any atom is -1.00 e. The van der Waals surface area contributed by atoms with Gasteiger partial charge in [-0.2, -0.15) is 4.58 Å². The lowest BCUT2D eigenvalue weighted by Crippen LogP contribution is -3.00. The van der Waals surface area contributed by atoms with E-state index in [4.69, 9.17) is 0 Å². The predicted molar refractivity (Wildman–Crippen MR) is 71.3 cm³/mol. The first-order valence-corrected chi connectivity index (χ1v) is 6.09. The molecule has 2 aromatic rings. The Bertz CT molecular complexity index is 587. The third-order valence-corrected chi connectivity index (χ3v) is 3.40. The van der Waals surface area contributed by atoms with Crippen molar-refractivity contribution in [3.8, 4) is 0 Å². The van der Waals surface area contributed by atoms with Crippen molar-refractivity contribution in [2.75, 3.05) is 6.54 Å². The Morgan fingerprint density at radius 3 is 2.50 bits per heavy atom. The summed E-state index contributed by atoms with van der Waals surface area (Å²) in [6.45, 7) is 3.24. The van der Waals surface area contributed by atoms with E-state index in [1.54, 1.807) is 0 Å². The van der Waals surface area contributed by atoms with E-state index in [1.807, 2.05) is 0 Å². The largest absolute Gasteiger partial charge is 1.00 e. The molecule has 0 saturated carbocycles. The summed E-state index contributed by atoms with van der Waals surface area (Å²) in [4.78, 5) is 0. The Morgan fingerprint density at radius 1 is 0.944 bits per heavy atom. The minimum atomic E-state index is 0. The van der Waals surface area contributed by atoms with Gasteiger partial charge in [-0.15, -0.1) is 0 Å². The molecule has 0 unspecified atom stereocenters. The molecule has 1 nitrogen and oxygen atoms in total. The molecule has 0 radical (unpaired) electrons. The van der Waals surface area contributed by atoms with Crippen LogP contribution in [-0.2, 0) is 6.42 Å². The molecule has 18 heavy (non-hydrogen) atoms. The monoisotopic (exact) mass is 301 g/mol. The summed E-state index contributed by atoms with van der Waals surface area (Å²) in [5.74, 6) is 0. The second-order valence-corrected chi connectivity index (χ2v) is 4.56. The molecular formula is C16H16BrN. The van der Waals surface area contributed by atoms with Crippen LogP contribution in [0.15, 0.2) is 48.5 Å². The van der Waals surface area contributed by atoms with Crippen LogP contribution in [0.1, 0.15) is 16.7 Å². The second-order valence-electron chi connectivity index (χ2n) is 4.56. The summed E-state index contributed by atoms with van der Waals surface area (Å²) in [6, 6.07) is 17.2. The number of hydrogen-bond acceptors (Lipinski definition) is 0. The van der Waals surface area contributed by atoms with Gasteiger partial charge in [-0.1, -0.05) is 36.4 Å². The molecular weight excluding hydrogens is 286 g/mol. The second kappa shape index (κ2) is 5.49. The van der Waals surface area contributed by atoms with E-state index in [1.165, 1.54) is 22.4 Å². The van der Waals surface area contributed by atoms with E-state index in [0.717, 1.165) is 13.0 Å². The van der Waals surface area contributed by atoms with E-state index in [2.05, 4.69) is 66.2 Å². The maximum atomic E-state index is 2.36. The van der Waals surface area contributed by atoms with Crippen LogP contribution < -0.4 is 17.0 Å². The van der Waals surface area contributed by atoms with E-state index in [-0.39, 0.29) is 17.0 Å². The molecule has 1 aliphatic rings. The van der Waals surface area contributed by atoms with Crippen LogP contribution >= 0.6 is 0 Å². The molecule has 0 amide bonds. The molecule has 0 spiro atoms. The first kappa shape index (κ1) is 13.0. The molecule has 0 N–H and O–H groups in total. The zero-order valence-corrected chi connectivity index (χ0v) is 12.0. The number of rotatable bonds is 1. The van der Waals surface area contributed by atoms with Crippen molar-refractivity contribution < 1.29 is 21.6 Å². The SMILES string of the molecule is Cc1ccccc1[N+]1=Cc2ccccc2CC1.[Br-]. The summed E-state index contributed by atoms with van der Waals surface area (Å²) in [5, 5.41) is 0. The lowest BCUT2D eigenvalue weighted by Gasteiger charge is -2.12. The maximum absolute atomic E-state index is 2.36. The highest BCUT2D eigenvalue weighted by molar-refractivity contribution is 5.79. The van der Waals surface area contributed by atoms with Crippen molar-refractivity contribution in [1.29, 1.82) is 0 Å². The van der Waals surface area contributed by atoms with Crippen LogP contribution in [0.3, 0.4) is 0 Å². The summed E-state index contributed by atoms with van der Waals surface area (Å²) >= 11 is 0. The fraction of sp³-hybridized carbons (Fsp3) is 0.188. The Balaban J connectivity index is 0.00000120. The molecule has 1 aliphatic heterocycles. The minimum absolute atomic E-state index is 0. The van der Waals surface area contributed by atoms with E-state index in [9.17, 15) is 0 Å². The molecule has 0 aliphatic carbocycles. The molecule has 2 aromatic carbocycles. The number of aryl methyl sites for hydroxylation is 1. The van der Waals surface area contributed by atoms with Crippen LogP contribution in [0, 0.1) is 6.92 Å². The van der Waals surface area contributed by atoms with Gasteiger partial charge in [0.1, 0.15) is 0 Å². The number of halogens is 1. The van der Waals surface area contributed by atoms with Gasteiger partial charge in [0.25, 0.3) is 0 Å². The first-order valence-electron chi connectivity index (χ1n) is 6.09. The zero-order chi connectivity index (χ0) is 11.7. The van der Waals surface area contributed by atoms with Crippen LogP contribution in [-0.4, -0.2) is 17.3 Å². The van der Waals surface area contributed by atoms with E-state index in [0.29, 0.717) is 0 Å². The van der Waals surface area contributed by atoms with Gasteiger partial charge >= 0.3 is 0 Å². The Morgan fingerprint density at radius 2 is 1.67 bits per heavy atom. The summed E-state index contributed by atoms with van der Waals surface area (Å²) in [6.07, 6.45) is 3.39. The molecule has 92 valence electrons. The molecule has 0 bridgehead atoms. The van der Waals surface area contributed by atoms with Crippen molar-refractivity contribution >= 4 is 11.9 Å². The maximum Gasteiger partial charge on any atom is 0.208 e. The van der Waals surface area contributed by atoms with Gasteiger partial charge in [0.15, 0.2) is 12.8 Å². The summed E-state index contributed by atoms with van der Waals surface area (Å²) in [5.41, 5.74) is 5.46. The number of benzene rings is 2. The molecule has 0 saturated heterocycles. The van der Waals surface area contributed by atoms with Gasteiger partial charge in [-0.25, -0.2) is 0 Å². The van der Waals surface area contributed by atoms with Crippen LogP contribution in [0.25, 0.3) is 0 Å². The summed E-state index contributed by atoms with van der Waals surface area (Å²) in [7, 11) is 0. The van der Waals surface area contributed by atoms with Gasteiger partial charge in [0.05, 0.1) is 0 Å². The highest BCUT2D eigenvalue weighted by Gasteiger charge is 2.18. The number of hydrogen-bond donors (Lipinski definition) is 0. The van der Waals surface area contributed by atoms with Crippen molar-refractivity contribution in [2.24, 2.45) is 0 Å². The van der Waals surface area contributed by atoms with Crippen LogP contribution in [0.2, 0.25) is 0 Å². The number of para-hydroxylation sites is 1. The topological polar surface area (TPSA) is 3.01 Å². The molecule has 0 aromatic heterocycles. The number of fused-ring (bicyclic) bond motifs is 1. The average Bonchev–Trinajstić information content (AvgIpc) is 2.39. The van der Waals surface area contributed by atoms with Gasteiger partial charge in [-0.05, 0) is 18.6 Å². The molecule has 1 heterocycles. The predicted octanol–water partition coefficient (Wildman–Crippen LogP) is 0.318. The highest BCUT2D eigenvalue weighted by Crippen LogP contribution is 2.21. The van der Waals surface area contributed by atoms with Gasteiger partial charge in [0.2, 0.25) is 5.69 Å². The highest BCUT2D eigenvalue weighted by atomic mass is 79.9. The molecule has 3 rings (SSSR count). The lowest BCUT2D eigenvalue weighted by molar-refractivity contribution is -0.436. The van der Waals surface area contributed by atoms with Crippen molar-refractivity contribution in [3.05, 3.63) is 65.2 Å². The third kappa shape index (κ3) is 2.39. The molecule has 2 heteroatoms. The van der Waals surface area contributed by atoms with Crippen LogP contribution in [0.5, 0.6) is 0 Å². The van der Waals surface area contributed by atoms with Crippen LogP contribution in [0.4, 0.5) is 5.69 Å². The van der Waals surface area contributed by atoms with Crippen molar-refractivity contribution in [2.45, 2.75) is 13.3 Å². The fourth-order valence-electron chi connectivity index (χ4n) is 2.44. The van der Waals surface area contributed by atoms with Gasteiger partial charge < -0.3 is 17.0 Å². The Kier molecular flexibility index (Phi) is 3.97. The van der Waals surface area contributed by atoms with E-state index < -0.39 is 0 Å². The Labute approximate surface area is 119 Å². The standard InChI is InChI=1S/C16H16N.BrH/c1-13-6-2-5-9-16(13)17-11-10-14-7-3-4-8-15(14)12-17;/h2-9,12H,10-11H2,1H3;1H/q+1;/p-1. The fourth-order valence-corrected chi connectivity index (χ4v) is 2.44. The normalized spacial score (nSPS) is 13.3. The zero-order valence-electron chi connectivity index (χ0n) is 10.4. The lowest BCUT2D eigenvalue weighted by atomic mass is 10.0. The van der Waals surface area contributed by atoms with Crippen molar-refractivity contribution in [3.63, 3.8) is 0 Å². The van der Waals surface area contributed by atoms with E-state index >= 15 is 0 Å². The average molecular weight is 302 g/mol.